The molecule has 5 heteroatoms. The Bertz CT molecular complexity index is 1130. The summed E-state index contributed by atoms with van der Waals surface area (Å²) in [7, 11) is 0. The number of aromatic nitrogens is 2. The first-order chi connectivity index (χ1) is 17.3. The Kier molecular flexibility index (Phi) is 9.00. The summed E-state index contributed by atoms with van der Waals surface area (Å²) in [6, 6.07) is 30.1. The second kappa shape index (κ2) is 13.0. The Balaban J connectivity index is 1.41. The van der Waals surface area contributed by atoms with Crippen molar-refractivity contribution in [1.82, 2.24) is 9.97 Å². The molecule has 35 heavy (non-hydrogen) atoms. The Hall–Kier alpha value is -3.99. The lowest BCUT2D eigenvalue weighted by molar-refractivity contribution is 0.304. The highest BCUT2D eigenvalue weighted by atomic mass is 16.5. The SMILES string of the molecule is CCCCCCCOc1ccc(C=NNc2nc(-c3ccccc3)cc(-c3ccccc3)n2)cc1. The lowest BCUT2D eigenvalue weighted by atomic mass is 10.1. The Labute approximate surface area is 207 Å². The van der Waals surface area contributed by atoms with Gasteiger partial charge in [-0.15, -0.1) is 0 Å². The zero-order valence-electron chi connectivity index (χ0n) is 20.2. The lowest BCUT2D eigenvalue weighted by Gasteiger charge is -2.08. The number of benzene rings is 3. The largest absolute Gasteiger partial charge is 0.494 e. The predicted octanol–water partition coefficient (Wildman–Crippen LogP) is 7.61. The van der Waals surface area contributed by atoms with Crippen LogP contribution in [0.4, 0.5) is 5.95 Å². The van der Waals surface area contributed by atoms with E-state index in [4.69, 9.17) is 4.74 Å². The molecule has 3 aromatic carbocycles. The first-order valence-corrected chi connectivity index (χ1v) is 12.3. The van der Waals surface area contributed by atoms with Gasteiger partial charge in [0.25, 0.3) is 0 Å². The van der Waals surface area contributed by atoms with Gasteiger partial charge in [0.05, 0.1) is 24.2 Å². The van der Waals surface area contributed by atoms with Crippen LogP contribution >= 0.6 is 0 Å². The maximum absolute atomic E-state index is 5.85. The third-order valence-electron chi connectivity index (χ3n) is 5.64. The summed E-state index contributed by atoms with van der Waals surface area (Å²) in [5, 5.41) is 4.37. The molecular weight excluding hydrogens is 432 g/mol. The third-order valence-corrected chi connectivity index (χ3v) is 5.64. The Morgan fingerprint density at radius 1 is 0.743 bits per heavy atom. The van der Waals surface area contributed by atoms with E-state index in [9.17, 15) is 0 Å². The minimum absolute atomic E-state index is 0.449. The Morgan fingerprint density at radius 3 is 1.94 bits per heavy atom. The fraction of sp³-hybridized carbons (Fsp3) is 0.233. The molecule has 0 atom stereocenters. The minimum Gasteiger partial charge on any atom is -0.494 e. The van der Waals surface area contributed by atoms with E-state index in [1.807, 2.05) is 91.0 Å². The second-order valence-corrected chi connectivity index (χ2v) is 8.40. The molecule has 0 spiro atoms. The number of anilines is 1. The van der Waals surface area contributed by atoms with Crippen molar-refractivity contribution < 1.29 is 4.74 Å². The molecule has 0 bridgehead atoms. The minimum atomic E-state index is 0.449. The fourth-order valence-corrected chi connectivity index (χ4v) is 3.72. The number of nitrogens with one attached hydrogen (secondary N) is 1. The number of rotatable bonds is 12. The van der Waals surface area contributed by atoms with Crippen LogP contribution in [0.1, 0.15) is 44.6 Å². The molecule has 0 saturated heterocycles. The van der Waals surface area contributed by atoms with Crippen LogP contribution in [0.2, 0.25) is 0 Å². The first kappa shape index (κ1) is 24.1. The van der Waals surface area contributed by atoms with Crippen LogP contribution in [0.25, 0.3) is 22.5 Å². The molecule has 1 heterocycles. The molecule has 178 valence electrons. The van der Waals surface area contributed by atoms with Crippen molar-refractivity contribution in [2.24, 2.45) is 5.10 Å². The van der Waals surface area contributed by atoms with Gasteiger partial charge in [0.2, 0.25) is 5.95 Å². The van der Waals surface area contributed by atoms with Crippen molar-refractivity contribution in [3.05, 3.63) is 96.6 Å². The van der Waals surface area contributed by atoms with E-state index in [1.54, 1.807) is 6.21 Å². The summed E-state index contributed by atoms with van der Waals surface area (Å²) in [4.78, 5) is 9.36. The maximum Gasteiger partial charge on any atom is 0.244 e. The van der Waals surface area contributed by atoms with Crippen LogP contribution in [0.15, 0.2) is 96.1 Å². The quantitative estimate of drug-likeness (QED) is 0.133. The van der Waals surface area contributed by atoms with Crippen molar-refractivity contribution >= 4 is 12.2 Å². The summed E-state index contributed by atoms with van der Waals surface area (Å²) in [5.74, 6) is 1.33. The fourth-order valence-electron chi connectivity index (χ4n) is 3.72. The number of hydrogen-bond donors (Lipinski definition) is 1. The predicted molar refractivity (Wildman–Crippen MR) is 145 cm³/mol. The normalized spacial score (nSPS) is 11.0. The highest BCUT2D eigenvalue weighted by Crippen LogP contribution is 2.25. The van der Waals surface area contributed by atoms with E-state index in [1.165, 1.54) is 25.7 Å². The van der Waals surface area contributed by atoms with Crippen molar-refractivity contribution in [3.8, 4) is 28.3 Å². The zero-order valence-corrected chi connectivity index (χ0v) is 20.2. The summed E-state index contributed by atoms with van der Waals surface area (Å²) < 4.78 is 5.85. The summed E-state index contributed by atoms with van der Waals surface area (Å²) in [5.41, 5.74) is 7.71. The van der Waals surface area contributed by atoms with E-state index in [0.717, 1.165) is 46.9 Å². The van der Waals surface area contributed by atoms with Crippen molar-refractivity contribution in [1.29, 1.82) is 0 Å². The number of hydrazone groups is 1. The van der Waals surface area contributed by atoms with Gasteiger partial charge < -0.3 is 4.74 Å². The van der Waals surface area contributed by atoms with Crippen LogP contribution in [0.5, 0.6) is 5.75 Å². The molecule has 4 aromatic rings. The highest BCUT2D eigenvalue weighted by Gasteiger charge is 2.08. The van der Waals surface area contributed by atoms with Gasteiger partial charge in [-0.1, -0.05) is 93.3 Å². The lowest BCUT2D eigenvalue weighted by Crippen LogP contribution is -2.00. The van der Waals surface area contributed by atoms with E-state index in [0.29, 0.717) is 5.95 Å². The van der Waals surface area contributed by atoms with Crippen molar-refractivity contribution in [2.45, 2.75) is 39.0 Å². The smallest absolute Gasteiger partial charge is 0.244 e. The second-order valence-electron chi connectivity index (χ2n) is 8.40. The highest BCUT2D eigenvalue weighted by molar-refractivity contribution is 5.80. The van der Waals surface area contributed by atoms with Gasteiger partial charge in [-0.05, 0) is 42.3 Å². The maximum atomic E-state index is 5.85. The molecule has 0 amide bonds. The summed E-state index contributed by atoms with van der Waals surface area (Å²) in [6.45, 7) is 2.99. The molecule has 1 N–H and O–H groups in total. The number of hydrogen-bond acceptors (Lipinski definition) is 5. The number of nitrogens with zero attached hydrogens (tertiary/aromatic N) is 3. The van der Waals surface area contributed by atoms with Crippen LogP contribution < -0.4 is 10.2 Å². The van der Waals surface area contributed by atoms with Gasteiger partial charge >= 0.3 is 0 Å². The molecule has 5 nitrogen and oxygen atoms in total. The molecule has 0 aliphatic heterocycles. The molecule has 0 aliphatic carbocycles. The number of unbranched alkanes of at least 4 members (excludes halogenated alkanes) is 4. The van der Waals surface area contributed by atoms with E-state index in [-0.39, 0.29) is 0 Å². The average molecular weight is 465 g/mol. The van der Waals surface area contributed by atoms with Gasteiger partial charge in [-0.3, -0.25) is 0 Å². The Morgan fingerprint density at radius 2 is 1.34 bits per heavy atom. The van der Waals surface area contributed by atoms with E-state index < -0.39 is 0 Å². The van der Waals surface area contributed by atoms with Crippen LogP contribution in [0, 0.1) is 0 Å². The molecule has 0 fully saturated rings. The van der Waals surface area contributed by atoms with Gasteiger partial charge in [0, 0.05) is 11.1 Å². The molecule has 0 unspecified atom stereocenters. The van der Waals surface area contributed by atoms with Crippen LogP contribution in [-0.2, 0) is 0 Å². The molecule has 1 aromatic heterocycles. The molecule has 4 rings (SSSR count). The number of ether oxygens (including phenoxy) is 1. The topological polar surface area (TPSA) is 59.4 Å². The van der Waals surface area contributed by atoms with Gasteiger partial charge in [-0.25, -0.2) is 15.4 Å². The van der Waals surface area contributed by atoms with Crippen molar-refractivity contribution in [3.63, 3.8) is 0 Å². The monoisotopic (exact) mass is 464 g/mol. The molecule has 0 radical (unpaired) electrons. The van der Waals surface area contributed by atoms with Crippen LogP contribution in [0.3, 0.4) is 0 Å². The average Bonchev–Trinajstić information content (AvgIpc) is 2.92. The van der Waals surface area contributed by atoms with Crippen LogP contribution in [-0.4, -0.2) is 22.8 Å². The third kappa shape index (κ3) is 7.51. The van der Waals surface area contributed by atoms with Crippen molar-refractivity contribution in [2.75, 3.05) is 12.0 Å². The molecular formula is C30H32N4O. The zero-order chi connectivity index (χ0) is 24.1. The van der Waals surface area contributed by atoms with Gasteiger partial charge in [0.15, 0.2) is 0 Å². The summed E-state index contributed by atoms with van der Waals surface area (Å²) in [6.07, 6.45) is 7.93. The first-order valence-electron chi connectivity index (χ1n) is 12.3. The van der Waals surface area contributed by atoms with Gasteiger partial charge in [-0.2, -0.15) is 5.10 Å². The molecule has 0 aliphatic rings. The van der Waals surface area contributed by atoms with Gasteiger partial charge in [0.1, 0.15) is 5.75 Å². The van der Waals surface area contributed by atoms with E-state index >= 15 is 0 Å². The van der Waals surface area contributed by atoms with E-state index in [2.05, 4.69) is 27.4 Å². The molecule has 0 saturated carbocycles. The standard InChI is InChI=1S/C30H32N4O/c1-2-3-4-5-12-21-35-27-19-17-24(18-20-27)23-31-34-30-32-28(25-13-8-6-9-14-25)22-29(33-30)26-15-10-7-11-16-26/h6-11,13-20,22-23H,2-5,12,21H2,1H3,(H,32,33,34). The summed E-state index contributed by atoms with van der Waals surface area (Å²) >= 11 is 0.